The summed E-state index contributed by atoms with van der Waals surface area (Å²) in [6.45, 7) is 7.19. The Bertz CT molecular complexity index is 548. The first-order valence-corrected chi connectivity index (χ1v) is 10.3. The first-order chi connectivity index (χ1) is 10.8. The molecule has 0 N–H and O–H groups in total. The van der Waals surface area contributed by atoms with Crippen molar-refractivity contribution in [2.24, 2.45) is 11.8 Å². The Labute approximate surface area is 141 Å². The summed E-state index contributed by atoms with van der Waals surface area (Å²) in [6.07, 6.45) is 9.52. The summed E-state index contributed by atoms with van der Waals surface area (Å²) in [5, 5.41) is 0. The summed E-state index contributed by atoms with van der Waals surface area (Å²) in [4.78, 5) is 2.29. The number of sulfonamides is 1. The summed E-state index contributed by atoms with van der Waals surface area (Å²) in [7, 11) is -0.944. The second-order valence-electron chi connectivity index (χ2n) is 6.87. The highest BCUT2D eigenvalue weighted by Crippen LogP contribution is 2.22. The van der Waals surface area contributed by atoms with Crippen LogP contribution in [0.1, 0.15) is 26.7 Å². The molecule has 0 saturated carbocycles. The first-order valence-electron chi connectivity index (χ1n) is 8.45. The number of ether oxygens (including phenoxy) is 1. The fourth-order valence-electron chi connectivity index (χ4n) is 3.09. The Kier molecular flexibility index (Phi) is 6.28. The molecule has 23 heavy (non-hydrogen) atoms. The summed E-state index contributed by atoms with van der Waals surface area (Å²) in [5.41, 5.74) is 0. The van der Waals surface area contributed by atoms with Crippen LogP contribution in [0.3, 0.4) is 0 Å². The van der Waals surface area contributed by atoms with Crippen molar-refractivity contribution in [3.05, 3.63) is 24.0 Å². The minimum Gasteiger partial charge on any atom is -0.493 e. The van der Waals surface area contributed by atoms with E-state index in [1.807, 2.05) is 0 Å². The van der Waals surface area contributed by atoms with E-state index in [0.29, 0.717) is 37.6 Å². The average Bonchev–Trinajstić information content (AvgIpc) is 2.50. The molecule has 1 aliphatic carbocycles. The van der Waals surface area contributed by atoms with E-state index in [4.69, 9.17) is 4.74 Å². The lowest BCUT2D eigenvalue weighted by atomic mass is 9.91. The van der Waals surface area contributed by atoms with Crippen molar-refractivity contribution in [1.29, 1.82) is 0 Å². The molecule has 0 aromatic heterocycles. The second kappa shape index (κ2) is 7.81. The third kappa shape index (κ3) is 5.33. The minimum atomic E-state index is -3.04. The topological polar surface area (TPSA) is 49.9 Å². The van der Waals surface area contributed by atoms with Crippen LogP contribution in [0.2, 0.25) is 0 Å². The first kappa shape index (κ1) is 18.5. The van der Waals surface area contributed by atoms with Crippen LogP contribution in [0.15, 0.2) is 24.0 Å². The Morgan fingerprint density at radius 3 is 2.48 bits per heavy atom. The number of piperidine rings is 1. The predicted octanol–water partition coefficient (Wildman–Crippen LogP) is 2.08. The van der Waals surface area contributed by atoms with Gasteiger partial charge in [-0.25, -0.2) is 12.7 Å². The van der Waals surface area contributed by atoms with Crippen molar-refractivity contribution in [3.8, 4) is 0 Å². The number of hydrogen-bond acceptors (Lipinski definition) is 4. The molecule has 1 fully saturated rings. The van der Waals surface area contributed by atoms with Gasteiger partial charge in [-0.2, -0.15) is 0 Å². The van der Waals surface area contributed by atoms with Gasteiger partial charge in [-0.15, -0.1) is 0 Å². The van der Waals surface area contributed by atoms with Crippen molar-refractivity contribution in [1.82, 2.24) is 9.21 Å². The second-order valence-corrected chi connectivity index (χ2v) is 8.85. The lowest BCUT2D eigenvalue weighted by Gasteiger charge is -2.35. The van der Waals surface area contributed by atoms with Crippen molar-refractivity contribution in [2.45, 2.75) is 32.7 Å². The molecule has 132 valence electrons. The maximum Gasteiger partial charge on any atom is 0.211 e. The summed E-state index contributed by atoms with van der Waals surface area (Å²) in [5.74, 6) is 2.06. The van der Waals surface area contributed by atoms with E-state index in [-0.39, 0.29) is 0 Å². The maximum atomic E-state index is 11.5. The maximum absolute atomic E-state index is 11.5. The van der Waals surface area contributed by atoms with Gasteiger partial charge in [0.2, 0.25) is 10.0 Å². The van der Waals surface area contributed by atoms with E-state index in [9.17, 15) is 8.42 Å². The summed E-state index contributed by atoms with van der Waals surface area (Å²) in [6, 6.07) is 0.437. The lowest BCUT2D eigenvalue weighted by Crippen LogP contribution is -2.45. The van der Waals surface area contributed by atoms with Gasteiger partial charge in [-0.1, -0.05) is 19.9 Å². The van der Waals surface area contributed by atoms with E-state index in [0.717, 1.165) is 25.1 Å². The molecule has 0 radical (unpaired) electrons. The van der Waals surface area contributed by atoms with E-state index in [2.05, 4.69) is 44.0 Å². The van der Waals surface area contributed by atoms with Crippen LogP contribution in [0.4, 0.5) is 0 Å². The molecule has 0 aromatic rings. The highest BCUT2D eigenvalue weighted by atomic mass is 32.2. The zero-order chi connectivity index (χ0) is 17.0. The quantitative estimate of drug-likeness (QED) is 0.742. The molecule has 0 bridgehead atoms. The molecule has 1 saturated heterocycles. The van der Waals surface area contributed by atoms with Gasteiger partial charge in [-0.3, -0.25) is 4.90 Å². The molecule has 1 heterocycles. The van der Waals surface area contributed by atoms with Crippen molar-refractivity contribution in [3.63, 3.8) is 0 Å². The summed E-state index contributed by atoms with van der Waals surface area (Å²) >= 11 is 0. The smallest absolute Gasteiger partial charge is 0.211 e. The molecule has 2 rings (SSSR count). The van der Waals surface area contributed by atoms with Gasteiger partial charge in [0, 0.05) is 25.7 Å². The molecule has 6 heteroatoms. The monoisotopic (exact) mass is 342 g/mol. The van der Waals surface area contributed by atoms with Crippen LogP contribution >= 0.6 is 0 Å². The molecule has 0 amide bonds. The zero-order valence-electron chi connectivity index (χ0n) is 14.7. The van der Waals surface area contributed by atoms with Gasteiger partial charge in [-0.05, 0) is 43.9 Å². The predicted molar refractivity (Wildman–Crippen MR) is 93.6 cm³/mol. The number of rotatable bonds is 6. The van der Waals surface area contributed by atoms with Gasteiger partial charge in [0.1, 0.15) is 12.4 Å². The van der Waals surface area contributed by atoms with Gasteiger partial charge in [0.25, 0.3) is 0 Å². The molecule has 2 aliphatic rings. The van der Waals surface area contributed by atoms with Crippen LogP contribution in [0.25, 0.3) is 0 Å². The normalized spacial score (nSPS) is 27.3. The van der Waals surface area contributed by atoms with Crippen molar-refractivity contribution >= 4 is 10.0 Å². The van der Waals surface area contributed by atoms with Gasteiger partial charge in [0.15, 0.2) is 0 Å². The average molecular weight is 343 g/mol. The van der Waals surface area contributed by atoms with E-state index >= 15 is 0 Å². The molecule has 0 aromatic carbocycles. The number of allylic oxidation sites excluding steroid dienone is 3. The fraction of sp³-hybridized carbons (Fsp3) is 0.765. The SMILES string of the molecule is CC1C=CC(OCCN(C)C2CCN(S(C)(=O)=O)CC2)=CC1C. The Hall–Kier alpha value is -0.850. The number of likely N-dealkylation sites (N-methyl/N-ethyl adjacent to an activating group) is 1. The highest BCUT2D eigenvalue weighted by Gasteiger charge is 2.26. The molecular formula is C17H30N2O3S. The van der Waals surface area contributed by atoms with Crippen LogP contribution < -0.4 is 0 Å². The van der Waals surface area contributed by atoms with Crippen LogP contribution in [0.5, 0.6) is 0 Å². The standard InChI is InChI=1S/C17H30N2O3S/c1-14-5-6-17(13-15(14)2)22-12-11-18(3)16-7-9-19(10-8-16)23(4,20)21/h5-6,13-16H,7-12H2,1-4H3. The fourth-order valence-corrected chi connectivity index (χ4v) is 3.96. The van der Waals surface area contributed by atoms with Gasteiger partial charge >= 0.3 is 0 Å². The van der Waals surface area contributed by atoms with Gasteiger partial charge in [0.05, 0.1) is 6.26 Å². The number of hydrogen-bond donors (Lipinski definition) is 0. The molecule has 5 nitrogen and oxygen atoms in total. The Balaban J connectivity index is 1.71. The van der Waals surface area contributed by atoms with Crippen LogP contribution in [-0.2, 0) is 14.8 Å². The van der Waals surface area contributed by atoms with Crippen molar-refractivity contribution < 1.29 is 13.2 Å². The Morgan fingerprint density at radius 2 is 1.91 bits per heavy atom. The van der Waals surface area contributed by atoms with E-state index in [1.165, 1.54) is 6.26 Å². The molecule has 2 atom stereocenters. The molecule has 0 spiro atoms. The lowest BCUT2D eigenvalue weighted by molar-refractivity contribution is 0.123. The van der Waals surface area contributed by atoms with Crippen molar-refractivity contribution in [2.75, 3.05) is 39.5 Å². The summed E-state index contributed by atoms with van der Waals surface area (Å²) < 4.78 is 30.5. The van der Waals surface area contributed by atoms with E-state index < -0.39 is 10.0 Å². The third-order valence-electron chi connectivity index (χ3n) is 5.05. The molecule has 1 aliphatic heterocycles. The largest absolute Gasteiger partial charge is 0.493 e. The van der Waals surface area contributed by atoms with E-state index in [1.54, 1.807) is 4.31 Å². The molecular weight excluding hydrogens is 312 g/mol. The zero-order valence-corrected chi connectivity index (χ0v) is 15.6. The van der Waals surface area contributed by atoms with Crippen LogP contribution in [-0.4, -0.2) is 63.2 Å². The minimum absolute atomic E-state index is 0.437. The molecule has 2 unspecified atom stereocenters. The van der Waals surface area contributed by atoms with Crippen LogP contribution in [0, 0.1) is 11.8 Å². The number of nitrogens with zero attached hydrogens (tertiary/aromatic N) is 2. The Morgan fingerprint density at radius 1 is 1.26 bits per heavy atom. The highest BCUT2D eigenvalue weighted by molar-refractivity contribution is 7.88. The van der Waals surface area contributed by atoms with Gasteiger partial charge < -0.3 is 4.74 Å². The third-order valence-corrected chi connectivity index (χ3v) is 6.35.